The summed E-state index contributed by atoms with van der Waals surface area (Å²) in [4.78, 5) is 32.1. The molecular weight excluding hydrogens is 592 g/mol. The number of hydrogen-bond donors (Lipinski definition) is 3. The van der Waals surface area contributed by atoms with Crippen LogP contribution in [0.4, 0.5) is 0 Å². The van der Waals surface area contributed by atoms with Crippen molar-refractivity contribution in [1.82, 2.24) is 0 Å². The van der Waals surface area contributed by atoms with E-state index in [4.69, 9.17) is 15.3 Å². The zero-order valence-electron chi connectivity index (χ0n) is 25.9. The number of aromatic carboxylic acids is 3. The fourth-order valence-electron chi connectivity index (χ4n) is 3.89. The zero-order chi connectivity index (χ0) is 32.8. The van der Waals surface area contributed by atoms with Crippen LogP contribution in [0.1, 0.15) is 110 Å². The van der Waals surface area contributed by atoms with E-state index >= 15 is 0 Å². The first-order valence-electron chi connectivity index (χ1n) is 13.1. The van der Waals surface area contributed by atoms with E-state index in [1.54, 1.807) is 36.4 Å². The fourth-order valence-corrected chi connectivity index (χ4v) is 3.89. The molecule has 0 aliphatic heterocycles. The Balaban J connectivity index is 0.000000608. The Kier molecular flexibility index (Phi) is 13.6. The van der Waals surface area contributed by atoms with Gasteiger partial charge in [0.15, 0.2) is 0 Å². The maximum absolute atomic E-state index is 11.7. The molecular formula is C33H39CrO9. The summed E-state index contributed by atoms with van der Waals surface area (Å²) in [6.07, 6.45) is 0. The van der Waals surface area contributed by atoms with Gasteiger partial charge in [-0.15, -0.1) is 0 Å². The van der Waals surface area contributed by atoms with Crippen molar-refractivity contribution in [3.63, 3.8) is 0 Å². The van der Waals surface area contributed by atoms with Crippen LogP contribution < -0.4 is 15.3 Å². The van der Waals surface area contributed by atoms with Gasteiger partial charge in [-0.2, -0.15) is 0 Å². The van der Waals surface area contributed by atoms with E-state index < -0.39 is 17.9 Å². The van der Waals surface area contributed by atoms with Gasteiger partial charge in [-0.05, 0) is 51.1 Å². The van der Waals surface area contributed by atoms with Crippen molar-refractivity contribution in [2.24, 2.45) is 0 Å². The summed E-state index contributed by atoms with van der Waals surface area (Å²) >= 11 is 0. The molecule has 3 aromatic carbocycles. The standard InChI is InChI=1S/3C11H14O3.Cr/c3*1-11(2,3)8-6-4-5-7(9(8)12)10(13)14;/h3*4-6,12H,1-3H3,(H,13,14);/q;;;+3/p-3. The van der Waals surface area contributed by atoms with Crippen LogP contribution in [-0.4, -0.2) is 33.2 Å². The first-order valence-corrected chi connectivity index (χ1v) is 13.1. The van der Waals surface area contributed by atoms with Crippen molar-refractivity contribution in [3.05, 3.63) is 88.0 Å². The van der Waals surface area contributed by atoms with E-state index in [9.17, 15) is 29.7 Å². The van der Waals surface area contributed by atoms with Crippen LogP contribution in [0, 0.1) is 0 Å². The number of benzene rings is 3. The zero-order valence-corrected chi connectivity index (χ0v) is 27.2. The molecule has 3 N–H and O–H groups in total. The summed E-state index contributed by atoms with van der Waals surface area (Å²) in [5.74, 6) is -4.64. The molecule has 0 amide bonds. The molecule has 0 bridgehead atoms. The van der Waals surface area contributed by atoms with Crippen molar-refractivity contribution in [3.8, 4) is 17.2 Å². The van der Waals surface area contributed by atoms with Crippen molar-refractivity contribution in [2.45, 2.75) is 78.6 Å². The summed E-state index contributed by atoms with van der Waals surface area (Å²) in [7, 11) is 0. The molecule has 43 heavy (non-hydrogen) atoms. The van der Waals surface area contributed by atoms with Gasteiger partial charge in [-0.1, -0.05) is 116 Å². The van der Waals surface area contributed by atoms with Gasteiger partial charge >= 0.3 is 35.3 Å². The summed E-state index contributed by atoms with van der Waals surface area (Å²) < 4.78 is 0. The van der Waals surface area contributed by atoms with Gasteiger partial charge in [-0.3, -0.25) is 0 Å². The third kappa shape index (κ3) is 10.7. The second-order valence-corrected chi connectivity index (χ2v) is 12.7. The molecule has 3 rings (SSSR count). The van der Waals surface area contributed by atoms with E-state index in [0.717, 1.165) is 0 Å². The van der Waals surface area contributed by atoms with E-state index in [1.165, 1.54) is 18.2 Å². The van der Waals surface area contributed by atoms with Crippen LogP contribution >= 0.6 is 0 Å². The predicted molar refractivity (Wildman–Crippen MR) is 155 cm³/mol. The fraction of sp³-hybridized carbons (Fsp3) is 0.364. The van der Waals surface area contributed by atoms with Gasteiger partial charge in [0.2, 0.25) is 0 Å². The molecule has 0 saturated carbocycles. The van der Waals surface area contributed by atoms with E-state index in [-0.39, 0.29) is 67.5 Å². The summed E-state index contributed by atoms with van der Waals surface area (Å²) in [6, 6.07) is 13.8. The number of carboxylic acids is 3. The topological polar surface area (TPSA) is 181 Å². The molecule has 0 aliphatic carbocycles. The largest absolute Gasteiger partial charge is 3.00 e. The van der Waals surface area contributed by atoms with E-state index in [2.05, 4.69) is 0 Å². The average Bonchev–Trinajstić information content (AvgIpc) is 2.82. The summed E-state index contributed by atoms with van der Waals surface area (Å²) in [5.41, 5.74) is 0.202. The Labute approximate surface area is 263 Å². The molecule has 10 heteroatoms. The Bertz CT molecular complexity index is 1270. The Morgan fingerprint density at radius 3 is 0.791 bits per heavy atom. The first-order chi connectivity index (χ1) is 19.0. The van der Waals surface area contributed by atoms with Crippen molar-refractivity contribution < 1.29 is 62.4 Å². The molecule has 9 nitrogen and oxygen atoms in total. The Morgan fingerprint density at radius 1 is 0.465 bits per heavy atom. The van der Waals surface area contributed by atoms with Crippen molar-refractivity contribution in [1.29, 1.82) is 0 Å². The van der Waals surface area contributed by atoms with Crippen LogP contribution in [0.2, 0.25) is 0 Å². The summed E-state index contributed by atoms with van der Waals surface area (Å²) in [6.45, 7) is 17.0. The molecule has 231 valence electrons. The minimum absolute atomic E-state index is 0. The van der Waals surface area contributed by atoms with Gasteiger partial charge in [0.25, 0.3) is 0 Å². The van der Waals surface area contributed by atoms with Gasteiger partial charge in [0, 0.05) is 0 Å². The first kappa shape index (κ1) is 39.0. The molecule has 0 aliphatic rings. The number of rotatable bonds is 3. The smallest absolute Gasteiger partial charge is 0.872 e. The molecule has 0 fully saturated rings. The van der Waals surface area contributed by atoms with Crippen molar-refractivity contribution in [2.75, 3.05) is 0 Å². The third-order valence-corrected chi connectivity index (χ3v) is 6.16. The number of carboxylic acid groups (broad SMARTS) is 3. The Morgan fingerprint density at radius 2 is 0.651 bits per heavy atom. The second kappa shape index (κ2) is 14.9. The van der Waals surface area contributed by atoms with Crippen LogP contribution in [0.5, 0.6) is 17.2 Å². The quantitative estimate of drug-likeness (QED) is 0.347. The molecule has 0 saturated heterocycles. The van der Waals surface area contributed by atoms with Gasteiger partial charge in [0.05, 0.1) is 16.7 Å². The van der Waals surface area contributed by atoms with Crippen LogP contribution in [0.25, 0.3) is 0 Å². The van der Waals surface area contributed by atoms with Gasteiger partial charge in [-0.25, -0.2) is 14.4 Å². The molecule has 3 aromatic rings. The molecule has 0 heterocycles. The molecule has 1 radical (unpaired) electrons. The molecule has 0 atom stereocenters. The maximum atomic E-state index is 11.7. The Hall–Kier alpha value is -4.00. The maximum Gasteiger partial charge on any atom is 3.00 e. The SMILES string of the molecule is CC(C)(C)c1cccc(C(=O)O)c1[O-].CC(C)(C)c1cccc(C(=O)O)c1[O-].CC(C)(C)c1cccc(C(=O)O)c1[O-].[Cr+3]. The van der Waals surface area contributed by atoms with Gasteiger partial charge < -0.3 is 30.6 Å². The second-order valence-electron chi connectivity index (χ2n) is 12.7. The number of carbonyl (C=O) groups is 3. The minimum Gasteiger partial charge on any atom is -0.872 e. The molecule has 0 spiro atoms. The van der Waals surface area contributed by atoms with Crippen LogP contribution in [0.3, 0.4) is 0 Å². The van der Waals surface area contributed by atoms with E-state index in [0.29, 0.717) is 16.7 Å². The summed E-state index contributed by atoms with van der Waals surface area (Å²) in [5, 5.41) is 61.3. The third-order valence-electron chi connectivity index (χ3n) is 6.16. The monoisotopic (exact) mass is 631 g/mol. The minimum atomic E-state index is -1.17. The van der Waals surface area contributed by atoms with Gasteiger partial charge in [0.1, 0.15) is 0 Å². The molecule has 0 aromatic heterocycles. The number of para-hydroxylation sites is 3. The van der Waals surface area contributed by atoms with Crippen molar-refractivity contribution >= 4 is 17.9 Å². The average molecular weight is 632 g/mol. The van der Waals surface area contributed by atoms with Crippen LogP contribution in [-0.2, 0) is 33.6 Å². The van der Waals surface area contributed by atoms with Crippen LogP contribution in [0.15, 0.2) is 54.6 Å². The van der Waals surface area contributed by atoms with E-state index in [1.807, 2.05) is 62.3 Å². The molecule has 0 unspecified atom stereocenters. The normalized spacial score (nSPS) is 11.1. The number of hydrogen-bond acceptors (Lipinski definition) is 6. The predicted octanol–water partition coefficient (Wildman–Crippen LogP) is 5.27.